The molecule has 3 nitrogen and oxygen atoms in total. The van der Waals surface area contributed by atoms with Crippen LogP contribution in [0.5, 0.6) is 5.75 Å². The maximum absolute atomic E-state index is 6.49. The molecular weight excluding hydrogens is 332 g/mol. The summed E-state index contributed by atoms with van der Waals surface area (Å²) >= 11 is 0. The van der Waals surface area contributed by atoms with Gasteiger partial charge in [0.05, 0.1) is 11.2 Å². The van der Waals surface area contributed by atoms with E-state index in [1.807, 2.05) is 36.5 Å². The van der Waals surface area contributed by atoms with Crippen LogP contribution in [0.2, 0.25) is 0 Å². The summed E-state index contributed by atoms with van der Waals surface area (Å²) in [6, 6.07) is 18.7. The van der Waals surface area contributed by atoms with Gasteiger partial charge in [0.2, 0.25) is 0 Å². The van der Waals surface area contributed by atoms with Crippen molar-refractivity contribution in [1.82, 2.24) is 4.98 Å². The van der Waals surface area contributed by atoms with Gasteiger partial charge in [-0.25, -0.2) is 0 Å². The van der Waals surface area contributed by atoms with E-state index < -0.39 is 0 Å². The van der Waals surface area contributed by atoms with Gasteiger partial charge in [0, 0.05) is 28.6 Å². The van der Waals surface area contributed by atoms with Crippen LogP contribution >= 0.6 is 0 Å². The van der Waals surface area contributed by atoms with Crippen LogP contribution in [0.1, 0.15) is 43.7 Å². The number of para-hydroxylation sites is 1. The van der Waals surface area contributed by atoms with Crippen molar-refractivity contribution in [3.8, 4) is 16.9 Å². The second-order valence-corrected chi connectivity index (χ2v) is 7.87. The smallest absolute Gasteiger partial charge is 0.167 e. The predicted octanol–water partition coefficient (Wildman–Crippen LogP) is 5.84. The first kappa shape index (κ1) is 16.1. The summed E-state index contributed by atoms with van der Waals surface area (Å²) in [5, 5.41) is 3.66. The molecule has 5 rings (SSSR count). The number of rotatable bonds is 1. The third-order valence-electron chi connectivity index (χ3n) is 5.31. The largest absolute Gasteiger partial charge is 0.479 e. The molecule has 134 valence electrons. The van der Waals surface area contributed by atoms with Gasteiger partial charge in [-0.05, 0) is 56.2 Å². The molecule has 3 aromatic rings. The van der Waals surface area contributed by atoms with Crippen molar-refractivity contribution in [2.45, 2.75) is 32.4 Å². The highest BCUT2D eigenvalue weighted by molar-refractivity contribution is 5.90. The molecule has 2 aliphatic heterocycles. The Morgan fingerprint density at radius 1 is 0.963 bits per heavy atom. The molecule has 0 unspecified atom stereocenters. The Morgan fingerprint density at radius 2 is 1.78 bits per heavy atom. The number of anilines is 1. The minimum absolute atomic E-state index is 0.0702. The number of benzene rings is 2. The molecule has 3 heterocycles. The molecule has 1 N–H and O–H groups in total. The molecule has 0 bridgehead atoms. The van der Waals surface area contributed by atoms with Gasteiger partial charge in [-0.15, -0.1) is 0 Å². The standard InChI is InChI=1S/C24H22N2O/c1-15-14-24(2,3)26-18-12-11-17-16-8-4-5-10-20(16)27-23(22(17)21(15)18)19-9-6-7-13-25-19/h4-14,23,26H,1-3H3/t23-/m0/s1. The zero-order chi connectivity index (χ0) is 18.6. The monoisotopic (exact) mass is 354 g/mol. The average molecular weight is 354 g/mol. The highest BCUT2D eigenvalue weighted by atomic mass is 16.5. The zero-order valence-electron chi connectivity index (χ0n) is 15.8. The molecule has 0 fully saturated rings. The number of nitrogens with zero attached hydrogens (tertiary/aromatic N) is 1. The Morgan fingerprint density at radius 3 is 2.59 bits per heavy atom. The fourth-order valence-corrected chi connectivity index (χ4v) is 4.37. The molecule has 0 spiro atoms. The lowest BCUT2D eigenvalue weighted by Gasteiger charge is -2.37. The fourth-order valence-electron chi connectivity index (χ4n) is 4.37. The number of nitrogens with one attached hydrogen (secondary N) is 1. The molecule has 1 aromatic heterocycles. The van der Waals surface area contributed by atoms with Crippen LogP contribution in [-0.4, -0.2) is 10.5 Å². The summed E-state index contributed by atoms with van der Waals surface area (Å²) in [4.78, 5) is 4.61. The van der Waals surface area contributed by atoms with E-state index in [0.717, 1.165) is 22.7 Å². The highest BCUT2D eigenvalue weighted by Gasteiger charge is 2.34. The minimum Gasteiger partial charge on any atom is -0.479 e. The molecule has 2 aromatic carbocycles. The first-order valence-electron chi connectivity index (χ1n) is 9.35. The number of fused-ring (bicyclic) bond motifs is 5. The molecule has 1 atom stereocenters. The van der Waals surface area contributed by atoms with E-state index in [1.165, 1.54) is 22.3 Å². The quantitative estimate of drug-likeness (QED) is 0.596. The fraction of sp³-hybridized carbons (Fsp3) is 0.208. The Hall–Kier alpha value is -3.07. The van der Waals surface area contributed by atoms with Gasteiger partial charge in [-0.1, -0.05) is 36.4 Å². The van der Waals surface area contributed by atoms with Gasteiger partial charge in [0.1, 0.15) is 5.75 Å². The third-order valence-corrected chi connectivity index (χ3v) is 5.31. The van der Waals surface area contributed by atoms with E-state index in [2.05, 4.69) is 61.4 Å². The summed E-state index contributed by atoms with van der Waals surface area (Å²) in [7, 11) is 0. The Labute approximate surface area is 159 Å². The molecule has 2 aliphatic rings. The van der Waals surface area contributed by atoms with Crippen LogP contribution in [0.3, 0.4) is 0 Å². The van der Waals surface area contributed by atoms with E-state index in [9.17, 15) is 0 Å². The van der Waals surface area contributed by atoms with E-state index in [1.54, 1.807) is 0 Å². The number of allylic oxidation sites excluding steroid dienone is 1. The van der Waals surface area contributed by atoms with Gasteiger partial charge >= 0.3 is 0 Å². The third kappa shape index (κ3) is 2.54. The van der Waals surface area contributed by atoms with Crippen molar-refractivity contribution in [2.75, 3.05) is 5.32 Å². The first-order chi connectivity index (χ1) is 13.0. The predicted molar refractivity (Wildman–Crippen MR) is 110 cm³/mol. The summed E-state index contributed by atoms with van der Waals surface area (Å²) in [6.07, 6.45) is 3.90. The highest BCUT2D eigenvalue weighted by Crippen LogP contribution is 2.50. The molecule has 0 aliphatic carbocycles. The maximum Gasteiger partial charge on any atom is 0.167 e. The van der Waals surface area contributed by atoms with Crippen LogP contribution in [0.25, 0.3) is 16.7 Å². The van der Waals surface area contributed by atoms with Crippen molar-refractivity contribution >= 4 is 11.3 Å². The summed E-state index contributed by atoms with van der Waals surface area (Å²) in [6.45, 7) is 6.58. The van der Waals surface area contributed by atoms with Gasteiger partial charge in [-0.2, -0.15) is 0 Å². The van der Waals surface area contributed by atoms with Crippen LogP contribution in [0.4, 0.5) is 5.69 Å². The van der Waals surface area contributed by atoms with E-state index in [0.29, 0.717) is 0 Å². The van der Waals surface area contributed by atoms with Crippen molar-refractivity contribution < 1.29 is 4.74 Å². The number of pyridine rings is 1. The second-order valence-electron chi connectivity index (χ2n) is 7.87. The molecule has 0 saturated heterocycles. The molecular formula is C24H22N2O. The Balaban J connectivity index is 1.82. The van der Waals surface area contributed by atoms with Crippen molar-refractivity contribution in [2.24, 2.45) is 0 Å². The van der Waals surface area contributed by atoms with Crippen LogP contribution < -0.4 is 10.1 Å². The Bertz CT molecular complexity index is 1070. The van der Waals surface area contributed by atoms with Crippen LogP contribution in [-0.2, 0) is 0 Å². The van der Waals surface area contributed by atoms with Crippen LogP contribution in [0, 0.1) is 0 Å². The molecule has 0 saturated carbocycles. The second kappa shape index (κ2) is 5.71. The lowest BCUT2D eigenvalue weighted by molar-refractivity contribution is 0.238. The Kier molecular flexibility index (Phi) is 3.41. The number of ether oxygens (including phenoxy) is 1. The summed E-state index contributed by atoms with van der Waals surface area (Å²) in [5.74, 6) is 0.909. The van der Waals surface area contributed by atoms with Crippen molar-refractivity contribution in [3.63, 3.8) is 0 Å². The maximum atomic E-state index is 6.49. The number of aromatic nitrogens is 1. The average Bonchev–Trinajstić information content (AvgIpc) is 2.66. The lowest BCUT2D eigenvalue weighted by atomic mass is 9.81. The van der Waals surface area contributed by atoms with Crippen LogP contribution in [0.15, 0.2) is 66.9 Å². The molecule has 0 radical (unpaired) electrons. The lowest BCUT2D eigenvalue weighted by Crippen LogP contribution is -2.32. The number of hydrogen-bond donors (Lipinski definition) is 1. The summed E-state index contributed by atoms with van der Waals surface area (Å²) < 4.78 is 6.49. The minimum atomic E-state index is -0.225. The number of hydrogen-bond acceptors (Lipinski definition) is 3. The zero-order valence-corrected chi connectivity index (χ0v) is 15.8. The molecule has 3 heteroatoms. The normalized spacial score (nSPS) is 18.9. The van der Waals surface area contributed by atoms with E-state index in [4.69, 9.17) is 4.74 Å². The SMILES string of the molecule is CC1=CC(C)(C)Nc2ccc3c(c21)[C@H](c1ccccn1)Oc1ccccc1-3. The molecule has 0 amide bonds. The van der Waals surface area contributed by atoms with Gasteiger partial charge in [-0.3, -0.25) is 4.98 Å². The van der Waals surface area contributed by atoms with Gasteiger partial charge in [0.25, 0.3) is 0 Å². The summed E-state index contributed by atoms with van der Waals surface area (Å²) in [5.41, 5.74) is 8.08. The van der Waals surface area contributed by atoms with E-state index in [-0.39, 0.29) is 11.6 Å². The van der Waals surface area contributed by atoms with Gasteiger partial charge < -0.3 is 10.1 Å². The van der Waals surface area contributed by atoms with E-state index >= 15 is 0 Å². The topological polar surface area (TPSA) is 34.2 Å². The van der Waals surface area contributed by atoms with Gasteiger partial charge in [0.15, 0.2) is 6.10 Å². The first-order valence-corrected chi connectivity index (χ1v) is 9.35. The van der Waals surface area contributed by atoms with Crippen molar-refractivity contribution in [3.05, 3.63) is 83.7 Å². The van der Waals surface area contributed by atoms with Crippen molar-refractivity contribution in [1.29, 1.82) is 0 Å². The molecule has 27 heavy (non-hydrogen) atoms.